The standard InChI is InChI=1S/C16H27N3OS/c1-3-6-17-10-14-11-19(18-13(14)2)15-4-7-20-16(9-15)5-8-21-12-16/h11,15,17H,3-10,12H2,1-2H3. The Kier molecular flexibility index (Phi) is 4.92. The van der Waals surface area contributed by atoms with Crippen molar-refractivity contribution in [3.63, 3.8) is 0 Å². The van der Waals surface area contributed by atoms with Crippen LogP contribution in [0, 0.1) is 6.92 Å². The van der Waals surface area contributed by atoms with Crippen LogP contribution in [0.25, 0.3) is 0 Å². The number of nitrogens with one attached hydrogen (secondary N) is 1. The molecule has 21 heavy (non-hydrogen) atoms. The van der Waals surface area contributed by atoms with Crippen LogP contribution in [0.3, 0.4) is 0 Å². The molecule has 2 aliphatic rings. The lowest BCUT2D eigenvalue weighted by Crippen LogP contribution is -2.40. The summed E-state index contributed by atoms with van der Waals surface area (Å²) in [6, 6.07) is 0.510. The van der Waals surface area contributed by atoms with Gasteiger partial charge in [-0.05, 0) is 44.9 Å². The third kappa shape index (κ3) is 3.46. The van der Waals surface area contributed by atoms with Gasteiger partial charge in [-0.2, -0.15) is 16.9 Å². The van der Waals surface area contributed by atoms with E-state index in [-0.39, 0.29) is 5.60 Å². The summed E-state index contributed by atoms with van der Waals surface area (Å²) in [5, 5.41) is 8.26. The molecule has 0 saturated carbocycles. The lowest BCUT2D eigenvalue weighted by Gasteiger charge is -2.37. The number of hydrogen-bond acceptors (Lipinski definition) is 4. The highest BCUT2D eigenvalue weighted by atomic mass is 32.2. The molecule has 0 amide bonds. The lowest BCUT2D eigenvalue weighted by molar-refractivity contribution is -0.0778. The molecule has 2 saturated heterocycles. The molecule has 0 bridgehead atoms. The van der Waals surface area contributed by atoms with Gasteiger partial charge in [0.2, 0.25) is 0 Å². The van der Waals surface area contributed by atoms with E-state index in [2.05, 4.69) is 30.0 Å². The van der Waals surface area contributed by atoms with Gasteiger partial charge >= 0.3 is 0 Å². The molecule has 1 aromatic heterocycles. The highest BCUT2D eigenvalue weighted by molar-refractivity contribution is 7.99. The van der Waals surface area contributed by atoms with Gasteiger partial charge in [0, 0.05) is 30.7 Å². The van der Waals surface area contributed by atoms with Crippen LogP contribution in [0.1, 0.15) is 49.9 Å². The summed E-state index contributed by atoms with van der Waals surface area (Å²) >= 11 is 2.03. The minimum Gasteiger partial charge on any atom is -0.374 e. The number of hydrogen-bond donors (Lipinski definition) is 1. The maximum absolute atomic E-state index is 6.12. The molecule has 3 heterocycles. The van der Waals surface area contributed by atoms with Crippen molar-refractivity contribution in [3.8, 4) is 0 Å². The van der Waals surface area contributed by atoms with E-state index in [4.69, 9.17) is 9.84 Å². The second kappa shape index (κ2) is 6.71. The topological polar surface area (TPSA) is 39.1 Å². The molecule has 1 spiro atoms. The Morgan fingerprint density at radius 3 is 3.24 bits per heavy atom. The van der Waals surface area contributed by atoms with Gasteiger partial charge in [0.1, 0.15) is 0 Å². The Morgan fingerprint density at radius 1 is 1.57 bits per heavy atom. The maximum atomic E-state index is 6.12. The molecule has 2 aliphatic heterocycles. The minimum absolute atomic E-state index is 0.133. The van der Waals surface area contributed by atoms with Crippen LogP contribution in [-0.4, -0.2) is 40.0 Å². The Bertz CT molecular complexity index is 468. The number of ether oxygens (including phenoxy) is 1. The molecule has 0 aliphatic carbocycles. The zero-order valence-electron chi connectivity index (χ0n) is 13.2. The van der Waals surface area contributed by atoms with Crippen molar-refractivity contribution in [1.82, 2.24) is 15.1 Å². The van der Waals surface area contributed by atoms with E-state index in [0.29, 0.717) is 6.04 Å². The van der Waals surface area contributed by atoms with Gasteiger partial charge in [-0.15, -0.1) is 0 Å². The van der Waals surface area contributed by atoms with Crippen LogP contribution < -0.4 is 5.32 Å². The van der Waals surface area contributed by atoms with E-state index in [0.717, 1.165) is 38.3 Å². The molecular weight excluding hydrogens is 282 g/mol. The molecule has 2 unspecified atom stereocenters. The van der Waals surface area contributed by atoms with Gasteiger partial charge in [-0.3, -0.25) is 4.68 Å². The van der Waals surface area contributed by atoms with Gasteiger partial charge < -0.3 is 10.1 Å². The molecule has 4 nitrogen and oxygen atoms in total. The van der Waals surface area contributed by atoms with E-state index in [1.165, 1.54) is 29.9 Å². The fraction of sp³-hybridized carbons (Fsp3) is 0.812. The first-order valence-electron chi connectivity index (χ1n) is 8.19. The summed E-state index contributed by atoms with van der Waals surface area (Å²) < 4.78 is 8.33. The Morgan fingerprint density at radius 2 is 2.48 bits per heavy atom. The molecule has 1 aromatic rings. The molecule has 2 fully saturated rings. The number of aryl methyl sites for hydroxylation is 1. The molecule has 5 heteroatoms. The van der Waals surface area contributed by atoms with Gasteiger partial charge in [0.05, 0.1) is 17.3 Å². The first-order chi connectivity index (χ1) is 10.2. The van der Waals surface area contributed by atoms with Gasteiger partial charge in [0.15, 0.2) is 0 Å². The predicted octanol–water partition coefficient (Wildman–Crippen LogP) is 2.92. The summed E-state index contributed by atoms with van der Waals surface area (Å²) in [6.07, 6.45) is 6.86. The summed E-state index contributed by atoms with van der Waals surface area (Å²) in [7, 11) is 0. The first-order valence-corrected chi connectivity index (χ1v) is 9.35. The van der Waals surface area contributed by atoms with Crippen LogP contribution in [0.5, 0.6) is 0 Å². The van der Waals surface area contributed by atoms with Crippen LogP contribution in [0.2, 0.25) is 0 Å². The van der Waals surface area contributed by atoms with Crippen LogP contribution >= 0.6 is 11.8 Å². The highest BCUT2D eigenvalue weighted by Gasteiger charge is 2.41. The molecule has 0 radical (unpaired) electrons. The second-order valence-electron chi connectivity index (χ2n) is 6.38. The van der Waals surface area contributed by atoms with E-state index in [9.17, 15) is 0 Å². The van der Waals surface area contributed by atoms with Crippen molar-refractivity contribution >= 4 is 11.8 Å². The predicted molar refractivity (Wildman–Crippen MR) is 87.9 cm³/mol. The summed E-state index contributed by atoms with van der Waals surface area (Å²) in [6.45, 7) is 7.21. The summed E-state index contributed by atoms with van der Waals surface area (Å²) in [5.74, 6) is 2.41. The van der Waals surface area contributed by atoms with Crippen LogP contribution in [-0.2, 0) is 11.3 Å². The van der Waals surface area contributed by atoms with Gasteiger partial charge in [-0.1, -0.05) is 6.92 Å². The van der Waals surface area contributed by atoms with E-state index < -0.39 is 0 Å². The zero-order chi connectivity index (χ0) is 14.7. The van der Waals surface area contributed by atoms with Crippen LogP contribution in [0.15, 0.2) is 6.20 Å². The Hall–Kier alpha value is -0.520. The smallest absolute Gasteiger partial charge is 0.0800 e. The van der Waals surface area contributed by atoms with E-state index >= 15 is 0 Å². The highest BCUT2D eigenvalue weighted by Crippen LogP contribution is 2.41. The van der Waals surface area contributed by atoms with E-state index in [1.54, 1.807) is 0 Å². The number of nitrogens with zero attached hydrogens (tertiary/aromatic N) is 2. The second-order valence-corrected chi connectivity index (χ2v) is 7.48. The van der Waals surface area contributed by atoms with E-state index in [1.807, 2.05) is 11.8 Å². The number of aromatic nitrogens is 2. The summed E-state index contributed by atoms with van der Waals surface area (Å²) in [5.41, 5.74) is 2.64. The molecule has 118 valence electrons. The Balaban J connectivity index is 1.67. The normalized spacial score (nSPS) is 29.3. The van der Waals surface area contributed by atoms with Crippen molar-refractivity contribution in [1.29, 1.82) is 0 Å². The molecule has 0 aromatic carbocycles. The lowest BCUT2D eigenvalue weighted by atomic mass is 9.90. The monoisotopic (exact) mass is 309 g/mol. The third-order valence-electron chi connectivity index (χ3n) is 4.67. The van der Waals surface area contributed by atoms with Gasteiger partial charge in [0.25, 0.3) is 0 Å². The fourth-order valence-electron chi connectivity index (χ4n) is 3.37. The third-order valence-corrected chi connectivity index (χ3v) is 5.89. The SMILES string of the molecule is CCCNCc1cn(C2CCOC3(CCSC3)C2)nc1C. The van der Waals surface area contributed by atoms with Crippen molar-refractivity contribution in [2.45, 2.75) is 57.7 Å². The minimum atomic E-state index is 0.133. The quantitative estimate of drug-likeness (QED) is 0.849. The van der Waals surface area contributed by atoms with Crippen molar-refractivity contribution < 1.29 is 4.74 Å². The van der Waals surface area contributed by atoms with Crippen molar-refractivity contribution in [2.75, 3.05) is 24.7 Å². The first kappa shape index (κ1) is 15.4. The largest absolute Gasteiger partial charge is 0.374 e. The number of thioether (sulfide) groups is 1. The van der Waals surface area contributed by atoms with Gasteiger partial charge in [-0.25, -0.2) is 0 Å². The number of rotatable bonds is 5. The van der Waals surface area contributed by atoms with Crippen molar-refractivity contribution in [2.24, 2.45) is 0 Å². The molecular formula is C16H27N3OS. The van der Waals surface area contributed by atoms with Crippen LogP contribution in [0.4, 0.5) is 0 Å². The average Bonchev–Trinajstić information content (AvgIpc) is 3.07. The maximum Gasteiger partial charge on any atom is 0.0800 e. The molecule has 1 N–H and O–H groups in total. The summed E-state index contributed by atoms with van der Waals surface area (Å²) in [4.78, 5) is 0. The Labute approximate surface area is 132 Å². The fourth-order valence-corrected chi connectivity index (χ4v) is 4.75. The molecule has 3 rings (SSSR count). The van der Waals surface area contributed by atoms with Crippen molar-refractivity contribution in [3.05, 3.63) is 17.5 Å². The molecule has 2 atom stereocenters. The average molecular weight is 309 g/mol. The zero-order valence-corrected chi connectivity index (χ0v) is 14.0.